The SMILES string of the molecule is Clc1cc(CNC2CC2)cnc1N1CC2CCCC2C1. The van der Waals surface area contributed by atoms with Crippen LogP contribution in [0.2, 0.25) is 5.02 Å². The van der Waals surface area contributed by atoms with Gasteiger partial charge in [-0.3, -0.25) is 0 Å². The topological polar surface area (TPSA) is 28.2 Å². The van der Waals surface area contributed by atoms with Crippen molar-refractivity contribution >= 4 is 17.4 Å². The summed E-state index contributed by atoms with van der Waals surface area (Å²) >= 11 is 6.47. The Kier molecular flexibility index (Phi) is 3.35. The summed E-state index contributed by atoms with van der Waals surface area (Å²) in [6, 6.07) is 2.82. The van der Waals surface area contributed by atoms with Gasteiger partial charge in [-0.1, -0.05) is 18.0 Å². The maximum absolute atomic E-state index is 6.47. The lowest BCUT2D eigenvalue weighted by molar-refractivity contribution is 0.494. The molecule has 4 heteroatoms. The molecule has 2 atom stereocenters. The summed E-state index contributed by atoms with van der Waals surface area (Å²) in [6.07, 6.45) is 8.82. The molecule has 3 nitrogen and oxygen atoms in total. The van der Waals surface area contributed by atoms with E-state index in [2.05, 4.69) is 21.3 Å². The normalized spacial score (nSPS) is 28.9. The lowest BCUT2D eigenvalue weighted by Crippen LogP contribution is -2.22. The van der Waals surface area contributed by atoms with Crippen LogP contribution in [0.15, 0.2) is 12.3 Å². The zero-order chi connectivity index (χ0) is 13.5. The third-order valence-corrected chi connectivity index (χ3v) is 5.35. The molecule has 20 heavy (non-hydrogen) atoms. The molecular weight excluding hydrogens is 270 g/mol. The van der Waals surface area contributed by atoms with Crippen LogP contribution >= 0.6 is 11.6 Å². The molecule has 0 amide bonds. The van der Waals surface area contributed by atoms with E-state index in [4.69, 9.17) is 11.6 Å². The Bertz CT molecular complexity index is 488. The first-order valence-corrected chi connectivity index (χ1v) is 8.30. The lowest BCUT2D eigenvalue weighted by atomic mass is 10.0. The highest BCUT2D eigenvalue weighted by atomic mass is 35.5. The fourth-order valence-corrected chi connectivity index (χ4v) is 4.07. The second kappa shape index (κ2) is 5.19. The number of nitrogens with zero attached hydrogens (tertiary/aromatic N) is 2. The van der Waals surface area contributed by atoms with Gasteiger partial charge in [-0.05, 0) is 49.1 Å². The van der Waals surface area contributed by atoms with Crippen molar-refractivity contribution in [3.05, 3.63) is 22.8 Å². The molecule has 2 unspecified atom stereocenters. The van der Waals surface area contributed by atoms with Crippen molar-refractivity contribution in [2.75, 3.05) is 18.0 Å². The Labute approximate surface area is 125 Å². The molecule has 2 heterocycles. The highest BCUT2D eigenvalue weighted by Gasteiger charge is 2.37. The average Bonchev–Trinajstić information content (AvgIpc) is 3.02. The van der Waals surface area contributed by atoms with Gasteiger partial charge in [0.2, 0.25) is 0 Å². The Hall–Kier alpha value is -0.800. The highest BCUT2D eigenvalue weighted by Crippen LogP contribution is 2.40. The van der Waals surface area contributed by atoms with Gasteiger partial charge in [0, 0.05) is 31.9 Å². The monoisotopic (exact) mass is 291 g/mol. The first-order valence-electron chi connectivity index (χ1n) is 7.92. The molecule has 2 saturated carbocycles. The molecule has 1 aromatic rings. The van der Waals surface area contributed by atoms with Crippen LogP contribution in [-0.2, 0) is 6.54 Å². The summed E-state index contributed by atoms with van der Waals surface area (Å²) in [6.45, 7) is 3.19. The molecule has 1 aromatic heterocycles. The van der Waals surface area contributed by atoms with E-state index >= 15 is 0 Å². The molecule has 0 bridgehead atoms. The van der Waals surface area contributed by atoms with E-state index in [1.165, 1.54) is 37.7 Å². The van der Waals surface area contributed by atoms with Crippen LogP contribution < -0.4 is 10.2 Å². The largest absolute Gasteiger partial charge is 0.355 e. The van der Waals surface area contributed by atoms with E-state index < -0.39 is 0 Å². The second-order valence-electron chi connectivity index (χ2n) is 6.66. The van der Waals surface area contributed by atoms with Crippen LogP contribution in [0.4, 0.5) is 5.82 Å². The molecular formula is C16H22ClN3. The predicted molar refractivity (Wildman–Crippen MR) is 82.2 cm³/mol. The molecule has 3 aliphatic rings. The molecule has 0 spiro atoms. The smallest absolute Gasteiger partial charge is 0.147 e. The summed E-state index contributed by atoms with van der Waals surface area (Å²) < 4.78 is 0. The zero-order valence-electron chi connectivity index (χ0n) is 11.8. The Morgan fingerprint density at radius 1 is 1.20 bits per heavy atom. The van der Waals surface area contributed by atoms with Crippen molar-refractivity contribution in [2.45, 2.75) is 44.7 Å². The van der Waals surface area contributed by atoms with E-state index in [-0.39, 0.29) is 0 Å². The molecule has 3 fully saturated rings. The van der Waals surface area contributed by atoms with Crippen molar-refractivity contribution in [3.63, 3.8) is 0 Å². The van der Waals surface area contributed by atoms with Crippen LogP contribution in [0.25, 0.3) is 0 Å². The zero-order valence-corrected chi connectivity index (χ0v) is 12.6. The maximum Gasteiger partial charge on any atom is 0.147 e. The third-order valence-electron chi connectivity index (χ3n) is 5.08. The Balaban J connectivity index is 1.45. The molecule has 0 radical (unpaired) electrons. The van der Waals surface area contributed by atoms with E-state index in [9.17, 15) is 0 Å². The first kappa shape index (κ1) is 12.9. The van der Waals surface area contributed by atoms with Crippen molar-refractivity contribution in [1.29, 1.82) is 0 Å². The minimum Gasteiger partial charge on any atom is -0.355 e. The Morgan fingerprint density at radius 2 is 1.95 bits per heavy atom. The molecule has 4 rings (SSSR count). The number of aromatic nitrogens is 1. The third kappa shape index (κ3) is 2.53. The van der Waals surface area contributed by atoms with E-state index in [1.54, 1.807) is 0 Å². The second-order valence-corrected chi connectivity index (χ2v) is 7.07. The molecule has 2 aliphatic carbocycles. The molecule has 0 aromatic carbocycles. The number of nitrogens with one attached hydrogen (secondary N) is 1. The van der Waals surface area contributed by atoms with Gasteiger partial charge < -0.3 is 10.2 Å². The fraction of sp³-hybridized carbons (Fsp3) is 0.688. The number of halogens is 1. The number of hydrogen-bond acceptors (Lipinski definition) is 3. The van der Waals surface area contributed by atoms with Gasteiger partial charge in [0.05, 0.1) is 5.02 Å². The van der Waals surface area contributed by atoms with Gasteiger partial charge in [-0.2, -0.15) is 0 Å². The number of rotatable bonds is 4. The van der Waals surface area contributed by atoms with Crippen molar-refractivity contribution in [2.24, 2.45) is 11.8 Å². The summed E-state index contributed by atoms with van der Waals surface area (Å²) in [7, 11) is 0. The summed E-state index contributed by atoms with van der Waals surface area (Å²) in [4.78, 5) is 7.04. The number of pyridine rings is 1. The van der Waals surface area contributed by atoms with Crippen LogP contribution in [0.5, 0.6) is 0 Å². The Morgan fingerprint density at radius 3 is 2.60 bits per heavy atom. The van der Waals surface area contributed by atoms with Gasteiger partial charge in [0.15, 0.2) is 0 Å². The van der Waals surface area contributed by atoms with Crippen molar-refractivity contribution < 1.29 is 0 Å². The van der Waals surface area contributed by atoms with Gasteiger partial charge in [-0.25, -0.2) is 4.98 Å². The quantitative estimate of drug-likeness (QED) is 0.923. The number of hydrogen-bond donors (Lipinski definition) is 1. The summed E-state index contributed by atoms with van der Waals surface area (Å²) in [5.74, 6) is 2.75. The first-order chi connectivity index (χ1) is 9.79. The van der Waals surface area contributed by atoms with Gasteiger partial charge in [0.25, 0.3) is 0 Å². The molecule has 1 N–H and O–H groups in total. The summed E-state index contributed by atoms with van der Waals surface area (Å²) in [5.41, 5.74) is 1.20. The highest BCUT2D eigenvalue weighted by molar-refractivity contribution is 6.33. The molecule has 1 aliphatic heterocycles. The van der Waals surface area contributed by atoms with Gasteiger partial charge in [-0.15, -0.1) is 0 Å². The summed E-state index contributed by atoms with van der Waals surface area (Å²) in [5, 5.41) is 4.33. The number of fused-ring (bicyclic) bond motifs is 1. The van der Waals surface area contributed by atoms with E-state index in [0.29, 0.717) is 0 Å². The van der Waals surface area contributed by atoms with Crippen LogP contribution in [0, 0.1) is 11.8 Å². The molecule has 108 valence electrons. The fourth-order valence-electron chi connectivity index (χ4n) is 3.76. The molecule has 1 saturated heterocycles. The van der Waals surface area contributed by atoms with E-state index in [0.717, 1.165) is 48.4 Å². The number of anilines is 1. The minimum absolute atomic E-state index is 0.728. The van der Waals surface area contributed by atoms with Crippen LogP contribution in [-0.4, -0.2) is 24.1 Å². The minimum atomic E-state index is 0.728. The lowest BCUT2D eigenvalue weighted by Gasteiger charge is -2.20. The van der Waals surface area contributed by atoms with Gasteiger partial charge >= 0.3 is 0 Å². The predicted octanol–water partition coefficient (Wildman–Crippen LogP) is 3.22. The van der Waals surface area contributed by atoms with Crippen LogP contribution in [0.3, 0.4) is 0 Å². The maximum atomic E-state index is 6.47. The van der Waals surface area contributed by atoms with E-state index in [1.807, 2.05) is 6.20 Å². The van der Waals surface area contributed by atoms with Gasteiger partial charge in [0.1, 0.15) is 5.82 Å². The van der Waals surface area contributed by atoms with Crippen molar-refractivity contribution in [1.82, 2.24) is 10.3 Å². The van der Waals surface area contributed by atoms with Crippen LogP contribution in [0.1, 0.15) is 37.7 Å². The average molecular weight is 292 g/mol. The van der Waals surface area contributed by atoms with Crippen molar-refractivity contribution in [3.8, 4) is 0 Å². The standard InChI is InChI=1S/C16H22ClN3/c17-15-6-11(7-18-14-4-5-14)8-19-16(15)20-9-12-2-1-3-13(12)10-20/h6,8,12-14,18H,1-5,7,9-10H2.